The fraction of sp³-hybridized carbons (Fsp3) is 0.429. The Balaban J connectivity index is 1.71. The standard InChI is InChI=1S/C21H27N3O4S/c1-4-18-6-5-16(2)24(15-18)17(3)21(25)22-19-7-9-20(10-8-19)29(26,27)23-11-13-28-14-12-23/h5-10,15,17H,4,11-14H2,1-3H3/p+1/t17-/m0/s1. The van der Waals surface area contributed by atoms with Crippen LogP contribution < -0.4 is 9.88 Å². The summed E-state index contributed by atoms with van der Waals surface area (Å²) in [6.07, 6.45) is 2.89. The average molecular weight is 419 g/mol. The average Bonchev–Trinajstić information content (AvgIpc) is 2.74. The molecule has 1 amide bonds. The highest BCUT2D eigenvalue weighted by molar-refractivity contribution is 7.89. The van der Waals surface area contributed by atoms with Gasteiger partial charge in [-0.05, 0) is 36.8 Å². The van der Waals surface area contributed by atoms with Gasteiger partial charge in [0.15, 0.2) is 11.9 Å². The molecule has 0 spiro atoms. The van der Waals surface area contributed by atoms with Gasteiger partial charge in [-0.3, -0.25) is 4.79 Å². The van der Waals surface area contributed by atoms with E-state index >= 15 is 0 Å². The molecule has 0 aliphatic carbocycles. The van der Waals surface area contributed by atoms with E-state index in [1.165, 1.54) is 16.4 Å². The number of hydrogen-bond acceptors (Lipinski definition) is 4. The van der Waals surface area contributed by atoms with Gasteiger partial charge in [-0.1, -0.05) is 6.92 Å². The number of benzene rings is 1. The number of nitrogens with zero attached hydrogens (tertiary/aromatic N) is 2. The molecule has 0 unspecified atom stereocenters. The van der Waals surface area contributed by atoms with Gasteiger partial charge in [0, 0.05) is 44.3 Å². The summed E-state index contributed by atoms with van der Waals surface area (Å²) in [5.41, 5.74) is 2.72. The Morgan fingerprint density at radius 3 is 2.45 bits per heavy atom. The monoisotopic (exact) mass is 418 g/mol. The van der Waals surface area contributed by atoms with Gasteiger partial charge in [-0.2, -0.15) is 8.87 Å². The summed E-state index contributed by atoms with van der Waals surface area (Å²) in [5, 5.41) is 2.87. The Kier molecular flexibility index (Phi) is 6.66. The highest BCUT2D eigenvalue weighted by Gasteiger charge is 2.27. The van der Waals surface area contributed by atoms with Crippen LogP contribution in [0.1, 0.15) is 31.1 Å². The minimum atomic E-state index is -3.54. The highest BCUT2D eigenvalue weighted by atomic mass is 32.2. The SMILES string of the molecule is CCc1ccc(C)[n+]([C@@H](C)C(=O)Nc2ccc(S(=O)(=O)N3CCOCC3)cc2)c1. The molecular formula is C21H28N3O4S+. The lowest BCUT2D eigenvalue weighted by atomic mass is 10.2. The van der Waals surface area contributed by atoms with E-state index in [2.05, 4.69) is 18.3 Å². The molecule has 0 bridgehead atoms. The number of amides is 1. The molecule has 1 fully saturated rings. The maximum absolute atomic E-state index is 12.7. The van der Waals surface area contributed by atoms with Gasteiger partial charge in [0.25, 0.3) is 5.91 Å². The molecule has 0 radical (unpaired) electrons. The first-order valence-electron chi connectivity index (χ1n) is 9.82. The molecule has 2 heterocycles. The molecule has 1 atom stereocenters. The molecule has 156 valence electrons. The largest absolute Gasteiger partial charge is 0.379 e. The number of nitrogens with one attached hydrogen (secondary N) is 1. The number of morpholine rings is 1. The lowest BCUT2D eigenvalue weighted by molar-refractivity contribution is -0.711. The van der Waals surface area contributed by atoms with E-state index in [1.807, 2.05) is 30.7 Å². The van der Waals surface area contributed by atoms with Gasteiger partial charge in [-0.15, -0.1) is 0 Å². The zero-order chi connectivity index (χ0) is 21.0. The van der Waals surface area contributed by atoms with Crippen LogP contribution in [0, 0.1) is 6.92 Å². The maximum atomic E-state index is 12.7. The number of anilines is 1. The Bertz CT molecular complexity index is 968. The number of carbonyl (C=O) groups excluding carboxylic acids is 1. The van der Waals surface area contributed by atoms with Crippen LogP contribution >= 0.6 is 0 Å². The van der Waals surface area contributed by atoms with Crippen molar-refractivity contribution in [3.8, 4) is 0 Å². The molecule has 1 aromatic carbocycles. The fourth-order valence-corrected chi connectivity index (χ4v) is 4.69. The summed E-state index contributed by atoms with van der Waals surface area (Å²) in [7, 11) is -3.54. The quantitative estimate of drug-likeness (QED) is 0.729. The van der Waals surface area contributed by atoms with Crippen molar-refractivity contribution in [1.82, 2.24) is 4.31 Å². The van der Waals surface area contributed by atoms with Crippen LogP contribution in [0.5, 0.6) is 0 Å². The number of aryl methyl sites for hydroxylation is 2. The molecule has 1 aromatic heterocycles. The van der Waals surface area contributed by atoms with E-state index in [1.54, 1.807) is 12.1 Å². The Morgan fingerprint density at radius 1 is 1.17 bits per heavy atom. The predicted molar refractivity (Wildman–Crippen MR) is 110 cm³/mol. The summed E-state index contributed by atoms with van der Waals surface area (Å²) >= 11 is 0. The predicted octanol–water partition coefficient (Wildman–Crippen LogP) is 2.07. The number of hydrogen-bond donors (Lipinski definition) is 1. The second-order valence-electron chi connectivity index (χ2n) is 7.15. The molecule has 2 aromatic rings. The summed E-state index contributed by atoms with van der Waals surface area (Å²) in [5.74, 6) is -0.157. The minimum absolute atomic E-state index is 0.157. The number of sulfonamides is 1. The fourth-order valence-electron chi connectivity index (χ4n) is 3.28. The lowest BCUT2D eigenvalue weighted by Gasteiger charge is -2.26. The Hall–Kier alpha value is -2.29. The normalized spacial score (nSPS) is 16.4. The molecule has 1 N–H and O–H groups in total. The Morgan fingerprint density at radius 2 is 1.83 bits per heavy atom. The summed E-state index contributed by atoms with van der Waals surface area (Å²) in [6, 6.07) is 9.98. The highest BCUT2D eigenvalue weighted by Crippen LogP contribution is 2.20. The Labute approximate surface area is 172 Å². The third kappa shape index (κ3) is 4.83. The number of carbonyl (C=O) groups is 1. The molecule has 1 aliphatic heterocycles. The third-order valence-corrected chi connectivity index (χ3v) is 7.10. The van der Waals surface area contributed by atoms with Crippen molar-refractivity contribution in [3.05, 3.63) is 53.9 Å². The molecule has 0 saturated carbocycles. The van der Waals surface area contributed by atoms with E-state index in [0.717, 1.165) is 17.7 Å². The zero-order valence-electron chi connectivity index (χ0n) is 17.1. The first-order chi connectivity index (χ1) is 13.8. The van der Waals surface area contributed by atoms with Crippen LogP contribution in [0.4, 0.5) is 5.69 Å². The molecule has 1 saturated heterocycles. The van der Waals surface area contributed by atoms with Crippen molar-refractivity contribution in [3.63, 3.8) is 0 Å². The van der Waals surface area contributed by atoms with E-state index in [4.69, 9.17) is 4.74 Å². The smallest absolute Gasteiger partial charge is 0.293 e. The second-order valence-corrected chi connectivity index (χ2v) is 9.08. The van der Waals surface area contributed by atoms with Crippen LogP contribution in [-0.2, 0) is 26.0 Å². The molecular weight excluding hydrogens is 390 g/mol. The van der Waals surface area contributed by atoms with Crippen LogP contribution in [0.3, 0.4) is 0 Å². The van der Waals surface area contributed by atoms with E-state index in [0.29, 0.717) is 32.0 Å². The summed E-state index contributed by atoms with van der Waals surface area (Å²) in [4.78, 5) is 12.9. The lowest BCUT2D eigenvalue weighted by Crippen LogP contribution is -2.47. The van der Waals surface area contributed by atoms with Gasteiger partial charge in [0.2, 0.25) is 16.1 Å². The first kappa shape index (κ1) is 21.4. The van der Waals surface area contributed by atoms with Crippen molar-refractivity contribution in [2.75, 3.05) is 31.6 Å². The van der Waals surface area contributed by atoms with E-state index in [-0.39, 0.29) is 10.8 Å². The molecule has 1 aliphatic rings. The number of aromatic nitrogens is 1. The molecule has 7 nitrogen and oxygen atoms in total. The summed E-state index contributed by atoms with van der Waals surface area (Å²) < 4.78 is 34.0. The van der Waals surface area contributed by atoms with Gasteiger partial charge in [0.1, 0.15) is 0 Å². The van der Waals surface area contributed by atoms with Crippen molar-refractivity contribution in [2.45, 2.75) is 38.1 Å². The van der Waals surface area contributed by atoms with Gasteiger partial charge >= 0.3 is 0 Å². The van der Waals surface area contributed by atoms with Crippen molar-refractivity contribution >= 4 is 21.6 Å². The van der Waals surface area contributed by atoms with Crippen molar-refractivity contribution < 1.29 is 22.5 Å². The van der Waals surface area contributed by atoms with Crippen molar-refractivity contribution in [1.29, 1.82) is 0 Å². The molecule has 29 heavy (non-hydrogen) atoms. The van der Waals surface area contributed by atoms with Crippen LogP contribution in [0.15, 0.2) is 47.5 Å². The number of ether oxygens (including phenoxy) is 1. The minimum Gasteiger partial charge on any atom is -0.379 e. The van der Waals surface area contributed by atoms with Gasteiger partial charge < -0.3 is 10.1 Å². The zero-order valence-corrected chi connectivity index (χ0v) is 17.9. The topological polar surface area (TPSA) is 79.6 Å². The van der Waals surface area contributed by atoms with E-state index in [9.17, 15) is 13.2 Å². The third-order valence-electron chi connectivity index (χ3n) is 5.19. The first-order valence-corrected chi connectivity index (χ1v) is 11.3. The second kappa shape index (κ2) is 9.02. The maximum Gasteiger partial charge on any atom is 0.293 e. The van der Waals surface area contributed by atoms with Crippen LogP contribution in [0.2, 0.25) is 0 Å². The number of rotatable bonds is 6. The summed E-state index contributed by atoms with van der Waals surface area (Å²) in [6.45, 7) is 7.40. The molecule has 8 heteroatoms. The van der Waals surface area contributed by atoms with E-state index < -0.39 is 16.1 Å². The van der Waals surface area contributed by atoms with Crippen LogP contribution in [-0.4, -0.2) is 44.9 Å². The number of pyridine rings is 1. The van der Waals surface area contributed by atoms with Gasteiger partial charge in [-0.25, -0.2) is 8.42 Å². The molecule has 3 rings (SSSR count). The van der Waals surface area contributed by atoms with Crippen LogP contribution in [0.25, 0.3) is 0 Å². The van der Waals surface area contributed by atoms with Crippen molar-refractivity contribution in [2.24, 2.45) is 0 Å². The van der Waals surface area contributed by atoms with Gasteiger partial charge in [0.05, 0.1) is 18.1 Å².